The van der Waals surface area contributed by atoms with Crippen molar-refractivity contribution in [2.45, 2.75) is 65.6 Å². The second-order valence-corrected chi connectivity index (χ2v) is 8.48. The Morgan fingerprint density at radius 2 is 1.77 bits per heavy atom. The molecule has 0 amide bonds. The van der Waals surface area contributed by atoms with Crippen LogP contribution in [-0.2, 0) is 18.6 Å². The van der Waals surface area contributed by atoms with Crippen LogP contribution in [-0.4, -0.2) is 15.7 Å². The number of thioether (sulfide) groups is 1. The molecule has 0 spiro atoms. The van der Waals surface area contributed by atoms with Gasteiger partial charge < -0.3 is 10.7 Å². The van der Waals surface area contributed by atoms with Gasteiger partial charge >= 0.3 is 0 Å². The molecule has 0 saturated heterocycles. The Bertz CT molecular complexity index is 927. The lowest BCUT2D eigenvalue weighted by atomic mass is 10.0. The van der Waals surface area contributed by atoms with Crippen LogP contribution in [0.15, 0.2) is 48.5 Å². The average molecular weight is 424 g/mol. The van der Waals surface area contributed by atoms with Gasteiger partial charge in [0.2, 0.25) is 0 Å². The molecule has 30 heavy (non-hydrogen) atoms. The highest BCUT2D eigenvalue weighted by atomic mass is 32.2. The number of benzene rings is 2. The lowest BCUT2D eigenvalue weighted by molar-refractivity contribution is 0.899. The first kappa shape index (κ1) is 24.1. The van der Waals surface area contributed by atoms with Crippen LogP contribution in [0.25, 0.3) is 16.7 Å². The summed E-state index contributed by atoms with van der Waals surface area (Å²) in [5, 5.41) is 0. The van der Waals surface area contributed by atoms with Gasteiger partial charge in [-0.05, 0) is 48.6 Å². The van der Waals surface area contributed by atoms with E-state index in [4.69, 9.17) is 10.7 Å². The minimum Gasteiger partial charge on any atom is -0.398 e. The summed E-state index contributed by atoms with van der Waals surface area (Å²) in [7, 11) is 0. The number of fused-ring (bicyclic) bond motifs is 1. The smallest absolute Gasteiger partial charge is 0.117 e. The summed E-state index contributed by atoms with van der Waals surface area (Å²) in [6, 6.07) is 14.8. The van der Waals surface area contributed by atoms with Gasteiger partial charge in [-0.1, -0.05) is 76.6 Å². The molecule has 2 aromatic carbocycles. The number of nitrogens with one attached hydrogen (secondary N) is 1. The SMILES string of the molecule is CC/C=C(\N)c1cccc2[nH]c(CSCCC)nc12.CCCc1ccccc1CC. The van der Waals surface area contributed by atoms with Gasteiger partial charge in [-0.15, -0.1) is 0 Å². The van der Waals surface area contributed by atoms with E-state index >= 15 is 0 Å². The zero-order chi connectivity index (χ0) is 21.8. The van der Waals surface area contributed by atoms with Gasteiger partial charge in [0.15, 0.2) is 0 Å². The predicted octanol–water partition coefficient (Wildman–Crippen LogP) is 7.12. The maximum Gasteiger partial charge on any atom is 0.117 e. The number of nitrogens with two attached hydrogens (primary N) is 1. The third kappa shape index (κ3) is 6.94. The topological polar surface area (TPSA) is 54.7 Å². The van der Waals surface area contributed by atoms with Crippen LogP contribution in [0, 0.1) is 0 Å². The van der Waals surface area contributed by atoms with Crippen LogP contribution >= 0.6 is 11.8 Å². The number of aryl methyl sites for hydroxylation is 2. The molecule has 1 aromatic heterocycles. The van der Waals surface area contributed by atoms with Crippen molar-refractivity contribution in [2.75, 3.05) is 5.75 Å². The van der Waals surface area contributed by atoms with E-state index < -0.39 is 0 Å². The molecule has 0 saturated carbocycles. The van der Waals surface area contributed by atoms with Crippen molar-refractivity contribution in [1.82, 2.24) is 9.97 Å². The van der Waals surface area contributed by atoms with Gasteiger partial charge in [0.05, 0.1) is 16.8 Å². The number of allylic oxidation sites excluding steroid dienone is 1. The first-order valence-corrected chi connectivity index (χ1v) is 12.4. The number of aromatic amines is 1. The summed E-state index contributed by atoms with van der Waals surface area (Å²) in [4.78, 5) is 8.07. The number of rotatable bonds is 9. The standard InChI is InChI=1S/C15H21N3S.C11H16/c1-3-6-12(16)11-7-5-8-13-15(11)18-14(17-13)10-19-9-4-2;1-3-7-11-9-6-5-8-10(11)4-2/h5-8H,3-4,9-10,16H2,1-2H3,(H,17,18);5-6,8-9H,3-4,7H2,1-2H3/b12-6-;. The number of aromatic nitrogens is 2. The molecule has 1 heterocycles. The maximum absolute atomic E-state index is 6.10. The van der Waals surface area contributed by atoms with Crippen molar-refractivity contribution in [2.24, 2.45) is 5.73 Å². The molecular formula is C26H37N3S. The minimum atomic E-state index is 0.812. The second kappa shape index (κ2) is 13.2. The first-order valence-electron chi connectivity index (χ1n) is 11.2. The summed E-state index contributed by atoms with van der Waals surface area (Å²) in [5.41, 5.74) is 13.0. The van der Waals surface area contributed by atoms with E-state index in [9.17, 15) is 0 Å². The maximum atomic E-state index is 6.10. The van der Waals surface area contributed by atoms with E-state index in [0.717, 1.165) is 46.7 Å². The van der Waals surface area contributed by atoms with Crippen LogP contribution in [0.2, 0.25) is 0 Å². The lowest BCUT2D eigenvalue weighted by Crippen LogP contribution is -1.97. The Balaban J connectivity index is 0.000000248. The third-order valence-corrected chi connectivity index (χ3v) is 6.08. The molecule has 0 bridgehead atoms. The molecule has 3 rings (SSSR count). The number of hydrogen-bond donors (Lipinski definition) is 2. The Labute approximate surface area is 186 Å². The number of nitrogens with zero attached hydrogens (tertiary/aromatic N) is 1. The average Bonchev–Trinajstić information content (AvgIpc) is 3.18. The molecule has 0 aliphatic rings. The molecule has 0 aliphatic carbocycles. The van der Waals surface area contributed by atoms with Gasteiger partial charge in [-0.2, -0.15) is 11.8 Å². The zero-order valence-corrected chi connectivity index (χ0v) is 19.8. The van der Waals surface area contributed by atoms with E-state index in [1.54, 1.807) is 0 Å². The fourth-order valence-corrected chi connectivity index (χ4v) is 4.21. The van der Waals surface area contributed by atoms with E-state index in [1.165, 1.54) is 36.1 Å². The predicted molar refractivity (Wildman–Crippen MR) is 135 cm³/mol. The van der Waals surface area contributed by atoms with Crippen molar-refractivity contribution >= 4 is 28.5 Å². The van der Waals surface area contributed by atoms with Crippen LogP contribution in [0.4, 0.5) is 0 Å². The highest BCUT2D eigenvalue weighted by Gasteiger charge is 2.08. The van der Waals surface area contributed by atoms with Gasteiger partial charge in [0, 0.05) is 11.3 Å². The second-order valence-electron chi connectivity index (χ2n) is 7.38. The molecule has 3 N–H and O–H groups in total. The van der Waals surface area contributed by atoms with E-state index in [0.29, 0.717) is 0 Å². The number of hydrogen-bond acceptors (Lipinski definition) is 3. The van der Waals surface area contributed by atoms with Gasteiger partial charge in [0.1, 0.15) is 5.82 Å². The van der Waals surface area contributed by atoms with Crippen LogP contribution < -0.4 is 5.73 Å². The van der Waals surface area contributed by atoms with E-state index in [2.05, 4.69) is 63.0 Å². The zero-order valence-electron chi connectivity index (χ0n) is 19.0. The molecule has 0 radical (unpaired) electrons. The monoisotopic (exact) mass is 423 g/mol. The summed E-state index contributed by atoms with van der Waals surface area (Å²) in [5.74, 6) is 3.13. The van der Waals surface area contributed by atoms with Crippen LogP contribution in [0.1, 0.15) is 69.5 Å². The quantitative estimate of drug-likeness (QED) is 0.360. The van der Waals surface area contributed by atoms with Crippen molar-refractivity contribution in [3.8, 4) is 0 Å². The van der Waals surface area contributed by atoms with Gasteiger partial charge in [-0.25, -0.2) is 4.98 Å². The molecule has 4 heteroatoms. The number of imidazole rings is 1. The molecule has 0 unspecified atom stereocenters. The molecule has 0 aliphatic heterocycles. The highest BCUT2D eigenvalue weighted by molar-refractivity contribution is 7.98. The molecule has 0 fully saturated rings. The van der Waals surface area contributed by atoms with Crippen molar-refractivity contribution in [3.63, 3.8) is 0 Å². The first-order chi connectivity index (χ1) is 14.6. The Morgan fingerprint density at radius 3 is 2.43 bits per heavy atom. The molecule has 3 aromatic rings. The summed E-state index contributed by atoms with van der Waals surface area (Å²) < 4.78 is 0. The summed E-state index contributed by atoms with van der Waals surface area (Å²) in [6.07, 6.45) is 7.81. The van der Waals surface area contributed by atoms with Crippen molar-refractivity contribution in [1.29, 1.82) is 0 Å². The van der Waals surface area contributed by atoms with Crippen LogP contribution in [0.3, 0.4) is 0 Å². The fraction of sp³-hybridized carbons (Fsp3) is 0.423. The molecular weight excluding hydrogens is 386 g/mol. The normalized spacial score (nSPS) is 11.4. The Kier molecular flexibility index (Phi) is 10.6. The third-order valence-electron chi connectivity index (χ3n) is 4.90. The van der Waals surface area contributed by atoms with Crippen molar-refractivity contribution in [3.05, 3.63) is 71.1 Å². The van der Waals surface area contributed by atoms with E-state index in [-0.39, 0.29) is 0 Å². The Morgan fingerprint density at radius 1 is 1.00 bits per heavy atom. The fourth-order valence-electron chi connectivity index (χ4n) is 3.44. The summed E-state index contributed by atoms with van der Waals surface area (Å²) in [6.45, 7) is 8.73. The molecule has 0 atom stereocenters. The van der Waals surface area contributed by atoms with E-state index in [1.807, 2.05) is 30.0 Å². The number of para-hydroxylation sites is 1. The highest BCUT2D eigenvalue weighted by Crippen LogP contribution is 2.22. The molecule has 162 valence electrons. The lowest BCUT2D eigenvalue weighted by Gasteiger charge is -2.04. The minimum absolute atomic E-state index is 0.812. The van der Waals surface area contributed by atoms with Crippen molar-refractivity contribution < 1.29 is 0 Å². The largest absolute Gasteiger partial charge is 0.398 e. The summed E-state index contributed by atoms with van der Waals surface area (Å²) >= 11 is 1.91. The number of H-pyrrole nitrogens is 1. The van der Waals surface area contributed by atoms with Gasteiger partial charge in [-0.3, -0.25) is 0 Å². The van der Waals surface area contributed by atoms with Crippen LogP contribution in [0.5, 0.6) is 0 Å². The van der Waals surface area contributed by atoms with Gasteiger partial charge in [0.25, 0.3) is 0 Å². The Hall–Kier alpha value is -2.20. The molecule has 3 nitrogen and oxygen atoms in total.